The normalized spacial score (nSPS) is 10.6. The average Bonchev–Trinajstić information content (AvgIpc) is 2.33. The van der Waals surface area contributed by atoms with E-state index in [0.29, 0.717) is 16.6 Å². The molecule has 0 aliphatic heterocycles. The summed E-state index contributed by atoms with van der Waals surface area (Å²) in [5.41, 5.74) is 9.93. The lowest BCUT2D eigenvalue weighted by molar-refractivity contribution is 1.07. The van der Waals surface area contributed by atoms with Crippen LogP contribution in [0.3, 0.4) is 0 Å². The van der Waals surface area contributed by atoms with Crippen molar-refractivity contribution in [1.82, 2.24) is 0 Å². The molecule has 0 unspecified atom stereocenters. The molecule has 0 saturated carbocycles. The molecule has 1 nitrogen and oxygen atoms in total. The van der Waals surface area contributed by atoms with Gasteiger partial charge in [0.1, 0.15) is 0 Å². The Morgan fingerprint density at radius 1 is 1.00 bits per heavy atom. The van der Waals surface area contributed by atoms with Gasteiger partial charge in [0.25, 0.3) is 0 Å². The number of benzene rings is 2. The topological polar surface area (TPSA) is 26.0 Å². The van der Waals surface area contributed by atoms with Crippen LogP contribution in [-0.4, -0.2) is 0 Å². The van der Waals surface area contributed by atoms with Gasteiger partial charge in [0, 0.05) is 22.2 Å². The van der Waals surface area contributed by atoms with Crippen LogP contribution in [0.4, 0.5) is 0 Å². The first kappa shape index (κ1) is 12.4. The SMILES string of the molecule is Cc1ccc(CN)cc1-c1cc(Cl)ccc1Cl. The maximum Gasteiger partial charge on any atom is 0.0485 e. The van der Waals surface area contributed by atoms with Crippen LogP contribution < -0.4 is 5.73 Å². The van der Waals surface area contributed by atoms with Crippen molar-refractivity contribution in [2.24, 2.45) is 5.73 Å². The van der Waals surface area contributed by atoms with Gasteiger partial charge in [-0.25, -0.2) is 0 Å². The Morgan fingerprint density at radius 3 is 2.47 bits per heavy atom. The number of rotatable bonds is 2. The molecule has 17 heavy (non-hydrogen) atoms. The van der Waals surface area contributed by atoms with Crippen molar-refractivity contribution in [2.75, 3.05) is 0 Å². The number of hydrogen-bond donors (Lipinski definition) is 1. The number of nitrogens with two attached hydrogens (primary N) is 1. The third kappa shape index (κ3) is 2.63. The molecule has 0 radical (unpaired) electrons. The molecule has 2 aromatic rings. The number of aryl methyl sites for hydroxylation is 1. The van der Waals surface area contributed by atoms with E-state index < -0.39 is 0 Å². The van der Waals surface area contributed by atoms with Crippen LogP contribution in [0.1, 0.15) is 11.1 Å². The van der Waals surface area contributed by atoms with E-state index in [1.807, 2.05) is 25.1 Å². The van der Waals surface area contributed by atoms with Gasteiger partial charge < -0.3 is 5.73 Å². The van der Waals surface area contributed by atoms with E-state index in [1.165, 1.54) is 0 Å². The van der Waals surface area contributed by atoms with Crippen LogP contribution in [0, 0.1) is 6.92 Å². The maximum atomic E-state index is 6.21. The second-order valence-electron chi connectivity index (χ2n) is 3.98. The van der Waals surface area contributed by atoms with Gasteiger partial charge in [-0.3, -0.25) is 0 Å². The largest absolute Gasteiger partial charge is 0.326 e. The fourth-order valence-electron chi connectivity index (χ4n) is 1.79. The summed E-state index contributed by atoms with van der Waals surface area (Å²) in [6.07, 6.45) is 0. The molecule has 0 spiro atoms. The summed E-state index contributed by atoms with van der Waals surface area (Å²) in [6, 6.07) is 11.6. The van der Waals surface area contributed by atoms with Crippen LogP contribution in [-0.2, 0) is 6.54 Å². The van der Waals surface area contributed by atoms with Gasteiger partial charge in [0.15, 0.2) is 0 Å². The predicted octanol–water partition coefficient (Wildman–Crippen LogP) is 4.43. The van der Waals surface area contributed by atoms with E-state index in [0.717, 1.165) is 22.3 Å². The Kier molecular flexibility index (Phi) is 3.72. The quantitative estimate of drug-likeness (QED) is 0.855. The molecule has 2 aromatic carbocycles. The van der Waals surface area contributed by atoms with Gasteiger partial charge in [0.05, 0.1) is 0 Å². The highest BCUT2D eigenvalue weighted by Crippen LogP contribution is 2.33. The Bertz CT molecular complexity index is 550. The zero-order valence-electron chi connectivity index (χ0n) is 9.50. The zero-order valence-corrected chi connectivity index (χ0v) is 11.0. The molecular formula is C14H13Cl2N. The van der Waals surface area contributed by atoms with E-state index in [4.69, 9.17) is 28.9 Å². The Morgan fingerprint density at radius 2 is 1.76 bits per heavy atom. The molecule has 0 amide bonds. The van der Waals surface area contributed by atoms with E-state index in [9.17, 15) is 0 Å². The summed E-state index contributed by atoms with van der Waals surface area (Å²) < 4.78 is 0. The smallest absolute Gasteiger partial charge is 0.0485 e. The van der Waals surface area contributed by atoms with E-state index >= 15 is 0 Å². The van der Waals surface area contributed by atoms with Crippen LogP contribution in [0.5, 0.6) is 0 Å². The van der Waals surface area contributed by atoms with Gasteiger partial charge in [-0.2, -0.15) is 0 Å². The average molecular weight is 266 g/mol. The molecule has 0 atom stereocenters. The maximum absolute atomic E-state index is 6.21. The molecule has 0 aliphatic carbocycles. The van der Waals surface area contributed by atoms with Gasteiger partial charge in [-0.15, -0.1) is 0 Å². The minimum absolute atomic E-state index is 0.519. The second kappa shape index (κ2) is 5.09. The van der Waals surface area contributed by atoms with Gasteiger partial charge >= 0.3 is 0 Å². The van der Waals surface area contributed by atoms with E-state index in [2.05, 4.69) is 12.1 Å². The molecule has 0 fully saturated rings. The molecule has 88 valence electrons. The van der Waals surface area contributed by atoms with Crippen molar-refractivity contribution in [2.45, 2.75) is 13.5 Å². The Balaban J connectivity index is 2.62. The molecule has 0 heterocycles. The van der Waals surface area contributed by atoms with Crippen molar-refractivity contribution in [3.63, 3.8) is 0 Å². The third-order valence-corrected chi connectivity index (χ3v) is 3.32. The van der Waals surface area contributed by atoms with Crippen molar-refractivity contribution in [3.8, 4) is 11.1 Å². The summed E-state index contributed by atoms with van der Waals surface area (Å²) in [4.78, 5) is 0. The van der Waals surface area contributed by atoms with E-state index in [1.54, 1.807) is 6.07 Å². The molecule has 0 aliphatic rings. The van der Waals surface area contributed by atoms with Crippen LogP contribution >= 0.6 is 23.2 Å². The molecule has 0 aromatic heterocycles. The standard InChI is InChI=1S/C14H13Cl2N/c1-9-2-3-10(8-17)6-12(9)13-7-11(15)4-5-14(13)16/h2-7H,8,17H2,1H3. The van der Waals surface area contributed by atoms with E-state index in [-0.39, 0.29) is 0 Å². The fraction of sp³-hybridized carbons (Fsp3) is 0.143. The van der Waals surface area contributed by atoms with Gasteiger partial charge in [-0.05, 0) is 47.9 Å². The summed E-state index contributed by atoms with van der Waals surface area (Å²) in [6.45, 7) is 2.57. The minimum atomic E-state index is 0.519. The van der Waals surface area contributed by atoms with Crippen molar-refractivity contribution in [3.05, 3.63) is 57.6 Å². The second-order valence-corrected chi connectivity index (χ2v) is 4.82. The highest BCUT2D eigenvalue weighted by Gasteiger charge is 2.08. The van der Waals surface area contributed by atoms with Gasteiger partial charge in [0.2, 0.25) is 0 Å². The monoisotopic (exact) mass is 265 g/mol. The fourth-order valence-corrected chi connectivity index (χ4v) is 2.18. The first-order valence-electron chi connectivity index (χ1n) is 5.37. The zero-order chi connectivity index (χ0) is 12.4. The minimum Gasteiger partial charge on any atom is -0.326 e. The lowest BCUT2D eigenvalue weighted by Crippen LogP contribution is -1.97. The highest BCUT2D eigenvalue weighted by atomic mass is 35.5. The summed E-state index contributed by atoms with van der Waals surface area (Å²) in [7, 11) is 0. The van der Waals surface area contributed by atoms with Gasteiger partial charge in [-0.1, -0.05) is 35.3 Å². The van der Waals surface area contributed by atoms with Crippen molar-refractivity contribution >= 4 is 23.2 Å². The molecule has 3 heteroatoms. The summed E-state index contributed by atoms with van der Waals surface area (Å²) in [5, 5.41) is 1.38. The Hall–Kier alpha value is -1.02. The molecule has 0 saturated heterocycles. The van der Waals surface area contributed by atoms with Crippen LogP contribution in [0.2, 0.25) is 10.0 Å². The molecule has 0 bridgehead atoms. The van der Waals surface area contributed by atoms with Crippen molar-refractivity contribution in [1.29, 1.82) is 0 Å². The molecule has 2 rings (SSSR count). The first-order valence-corrected chi connectivity index (χ1v) is 6.12. The molecular weight excluding hydrogens is 253 g/mol. The van der Waals surface area contributed by atoms with Crippen molar-refractivity contribution < 1.29 is 0 Å². The van der Waals surface area contributed by atoms with Crippen LogP contribution in [0.15, 0.2) is 36.4 Å². The highest BCUT2D eigenvalue weighted by molar-refractivity contribution is 6.35. The third-order valence-electron chi connectivity index (χ3n) is 2.76. The number of halogens is 2. The molecule has 2 N–H and O–H groups in total. The lowest BCUT2D eigenvalue weighted by Gasteiger charge is -2.10. The number of hydrogen-bond acceptors (Lipinski definition) is 1. The predicted molar refractivity (Wildman–Crippen MR) is 74.5 cm³/mol. The lowest BCUT2D eigenvalue weighted by atomic mass is 9.98. The first-order chi connectivity index (χ1) is 8.11. The summed E-state index contributed by atoms with van der Waals surface area (Å²) >= 11 is 12.2. The van der Waals surface area contributed by atoms with Crippen LogP contribution in [0.25, 0.3) is 11.1 Å². The Labute approximate surface area is 111 Å². The summed E-state index contributed by atoms with van der Waals surface area (Å²) in [5.74, 6) is 0.